The van der Waals surface area contributed by atoms with Gasteiger partial charge in [-0.05, 0) is 49.4 Å². The zero-order valence-corrected chi connectivity index (χ0v) is 13.0. The van der Waals surface area contributed by atoms with Crippen molar-refractivity contribution in [2.75, 3.05) is 26.7 Å². The first kappa shape index (κ1) is 15.3. The predicted octanol–water partition coefficient (Wildman–Crippen LogP) is 3.06. The van der Waals surface area contributed by atoms with Crippen LogP contribution in [0.3, 0.4) is 0 Å². The van der Waals surface area contributed by atoms with Crippen LogP contribution in [0.15, 0.2) is 24.3 Å². The molecule has 0 aromatic heterocycles. The molecular weight excluding hydrogens is 248 g/mol. The Kier molecular flexibility index (Phi) is 5.44. The van der Waals surface area contributed by atoms with Crippen molar-refractivity contribution in [1.82, 2.24) is 4.90 Å². The number of nitrogens with two attached hydrogens (primary N) is 1. The van der Waals surface area contributed by atoms with E-state index >= 15 is 0 Å². The fourth-order valence-electron chi connectivity index (χ4n) is 2.75. The topological polar surface area (TPSA) is 38.5 Å². The number of ether oxygens (including phenoxy) is 1. The number of hydrogen-bond acceptors (Lipinski definition) is 3. The Labute approximate surface area is 123 Å². The van der Waals surface area contributed by atoms with Gasteiger partial charge in [0, 0.05) is 19.1 Å². The lowest BCUT2D eigenvalue weighted by atomic mass is 10.0. The van der Waals surface area contributed by atoms with Crippen LogP contribution in [0.4, 0.5) is 0 Å². The van der Waals surface area contributed by atoms with E-state index in [1.807, 2.05) is 6.07 Å². The minimum atomic E-state index is 0.285. The molecule has 0 saturated heterocycles. The first-order valence-electron chi connectivity index (χ1n) is 7.78. The highest BCUT2D eigenvalue weighted by Gasteiger charge is 2.34. The summed E-state index contributed by atoms with van der Waals surface area (Å²) in [5.41, 5.74) is 7.27. The number of hydrogen-bond donors (Lipinski definition) is 1. The largest absolute Gasteiger partial charge is 0.494 e. The molecule has 112 valence electrons. The van der Waals surface area contributed by atoms with Gasteiger partial charge in [0.05, 0.1) is 6.61 Å². The third kappa shape index (κ3) is 3.97. The molecule has 0 amide bonds. The number of benzene rings is 1. The van der Waals surface area contributed by atoms with Gasteiger partial charge in [-0.3, -0.25) is 4.90 Å². The van der Waals surface area contributed by atoms with Gasteiger partial charge in [-0.2, -0.15) is 0 Å². The van der Waals surface area contributed by atoms with Crippen LogP contribution < -0.4 is 10.5 Å². The van der Waals surface area contributed by atoms with Crippen LogP contribution in [-0.2, 0) is 0 Å². The molecule has 3 nitrogen and oxygen atoms in total. The molecule has 0 spiro atoms. The molecule has 0 heterocycles. The van der Waals surface area contributed by atoms with Gasteiger partial charge in [0.1, 0.15) is 5.75 Å². The van der Waals surface area contributed by atoms with Crippen molar-refractivity contribution in [3.8, 4) is 5.75 Å². The van der Waals surface area contributed by atoms with Gasteiger partial charge in [-0.1, -0.05) is 26.0 Å². The summed E-state index contributed by atoms with van der Waals surface area (Å²) in [7, 11) is 2.18. The highest BCUT2D eigenvalue weighted by Crippen LogP contribution is 2.39. The Morgan fingerprint density at radius 3 is 2.80 bits per heavy atom. The van der Waals surface area contributed by atoms with E-state index in [1.54, 1.807) is 0 Å². The van der Waals surface area contributed by atoms with Crippen molar-refractivity contribution in [2.45, 2.75) is 32.7 Å². The Bertz CT molecular complexity index is 421. The maximum atomic E-state index is 6.00. The maximum Gasteiger partial charge on any atom is 0.119 e. The molecule has 1 aromatic carbocycles. The molecule has 1 aromatic rings. The Hall–Kier alpha value is -1.06. The summed E-state index contributed by atoms with van der Waals surface area (Å²) in [5, 5.41) is 0. The molecular formula is C17H28N2O. The number of likely N-dealkylation sites (N-methyl/N-ethyl adjacent to an activating group) is 1. The average molecular weight is 276 g/mol. The first-order chi connectivity index (χ1) is 9.65. The summed E-state index contributed by atoms with van der Waals surface area (Å²) >= 11 is 0. The molecule has 0 aliphatic heterocycles. The van der Waals surface area contributed by atoms with E-state index in [2.05, 4.69) is 44.0 Å². The molecule has 3 unspecified atom stereocenters. The van der Waals surface area contributed by atoms with Crippen LogP contribution in [0.1, 0.15) is 38.3 Å². The molecule has 1 saturated carbocycles. The zero-order chi connectivity index (χ0) is 14.5. The highest BCUT2D eigenvalue weighted by molar-refractivity contribution is 5.31. The van der Waals surface area contributed by atoms with Crippen LogP contribution in [0, 0.1) is 11.8 Å². The van der Waals surface area contributed by atoms with E-state index in [0.29, 0.717) is 6.54 Å². The van der Waals surface area contributed by atoms with Crippen molar-refractivity contribution in [2.24, 2.45) is 17.6 Å². The highest BCUT2D eigenvalue weighted by atomic mass is 16.5. The summed E-state index contributed by atoms with van der Waals surface area (Å²) in [6.07, 6.45) is 2.39. The molecule has 3 atom stereocenters. The molecule has 2 N–H and O–H groups in total. The van der Waals surface area contributed by atoms with E-state index in [4.69, 9.17) is 10.5 Å². The maximum absolute atomic E-state index is 6.00. The predicted molar refractivity (Wildman–Crippen MR) is 83.9 cm³/mol. The first-order valence-corrected chi connectivity index (χ1v) is 7.78. The summed E-state index contributed by atoms with van der Waals surface area (Å²) in [6.45, 7) is 7.01. The van der Waals surface area contributed by atoms with Gasteiger partial charge in [-0.25, -0.2) is 0 Å². The lowest BCUT2D eigenvalue weighted by Gasteiger charge is -2.27. The molecule has 1 aliphatic rings. The van der Waals surface area contributed by atoms with Gasteiger partial charge in [-0.15, -0.1) is 0 Å². The van der Waals surface area contributed by atoms with E-state index in [0.717, 1.165) is 37.2 Å². The molecule has 0 radical (unpaired) electrons. The Balaban J connectivity index is 2.01. The van der Waals surface area contributed by atoms with Gasteiger partial charge < -0.3 is 10.5 Å². The van der Waals surface area contributed by atoms with Crippen molar-refractivity contribution in [3.05, 3.63) is 29.8 Å². The quantitative estimate of drug-likeness (QED) is 0.793. The molecule has 3 heteroatoms. The minimum absolute atomic E-state index is 0.285. The van der Waals surface area contributed by atoms with Crippen molar-refractivity contribution in [1.29, 1.82) is 0 Å². The Morgan fingerprint density at radius 1 is 1.45 bits per heavy atom. The monoisotopic (exact) mass is 276 g/mol. The molecule has 20 heavy (non-hydrogen) atoms. The molecule has 0 bridgehead atoms. The van der Waals surface area contributed by atoms with E-state index < -0.39 is 0 Å². The molecule has 2 rings (SSSR count). The molecule has 1 fully saturated rings. The van der Waals surface area contributed by atoms with Crippen molar-refractivity contribution in [3.63, 3.8) is 0 Å². The summed E-state index contributed by atoms with van der Waals surface area (Å²) in [4.78, 5) is 2.40. The minimum Gasteiger partial charge on any atom is -0.494 e. The van der Waals surface area contributed by atoms with E-state index in [1.165, 1.54) is 12.0 Å². The van der Waals surface area contributed by atoms with Crippen LogP contribution in [0.5, 0.6) is 5.75 Å². The normalized spacial score (nSPS) is 22.9. The second kappa shape index (κ2) is 7.09. The number of rotatable bonds is 8. The van der Waals surface area contributed by atoms with Crippen LogP contribution in [0.2, 0.25) is 0 Å². The zero-order valence-electron chi connectivity index (χ0n) is 13.0. The van der Waals surface area contributed by atoms with Crippen molar-refractivity contribution < 1.29 is 4.74 Å². The molecule has 1 aliphatic carbocycles. The van der Waals surface area contributed by atoms with Gasteiger partial charge in [0.15, 0.2) is 0 Å². The van der Waals surface area contributed by atoms with Crippen molar-refractivity contribution >= 4 is 0 Å². The van der Waals surface area contributed by atoms with Crippen LogP contribution in [-0.4, -0.2) is 31.6 Å². The average Bonchev–Trinajstić information content (AvgIpc) is 3.13. The second-order valence-electron chi connectivity index (χ2n) is 6.09. The SMILES string of the molecule is CCCOc1cccc(C(CN)N(C)CC2CC2C)c1. The fourth-order valence-corrected chi connectivity index (χ4v) is 2.75. The lowest BCUT2D eigenvalue weighted by Crippen LogP contribution is -2.32. The summed E-state index contributed by atoms with van der Waals surface area (Å²) < 4.78 is 5.72. The third-order valence-electron chi connectivity index (χ3n) is 4.27. The lowest BCUT2D eigenvalue weighted by molar-refractivity contribution is 0.236. The van der Waals surface area contributed by atoms with Crippen LogP contribution in [0.25, 0.3) is 0 Å². The van der Waals surface area contributed by atoms with E-state index in [-0.39, 0.29) is 6.04 Å². The number of nitrogens with zero attached hydrogens (tertiary/aromatic N) is 1. The Morgan fingerprint density at radius 2 is 2.20 bits per heavy atom. The summed E-state index contributed by atoms with van der Waals surface area (Å²) in [5.74, 6) is 2.69. The fraction of sp³-hybridized carbons (Fsp3) is 0.647. The van der Waals surface area contributed by atoms with E-state index in [9.17, 15) is 0 Å². The van der Waals surface area contributed by atoms with Gasteiger partial charge in [0.2, 0.25) is 0 Å². The van der Waals surface area contributed by atoms with Gasteiger partial charge >= 0.3 is 0 Å². The van der Waals surface area contributed by atoms with Crippen LogP contribution >= 0.6 is 0 Å². The smallest absolute Gasteiger partial charge is 0.119 e. The third-order valence-corrected chi connectivity index (χ3v) is 4.27. The summed E-state index contributed by atoms with van der Waals surface area (Å²) in [6, 6.07) is 8.67. The standard InChI is InChI=1S/C17H28N2O/c1-4-8-20-16-7-5-6-14(10-16)17(11-18)19(3)12-15-9-13(15)2/h5-7,10,13,15,17H,4,8-9,11-12,18H2,1-3H3. The second-order valence-corrected chi connectivity index (χ2v) is 6.09. The van der Waals surface area contributed by atoms with Gasteiger partial charge in [0.25, 0.3) is 0 Å².